The first-order valence-electron chi connectivity index (χ1n) is 4.70. The zero-order valence-corrected chi connectivity index (χ0v) is 9.14. The molecule has 2 heteroatoms. The standard InChI is InChI=1S/C11H15NSi/c1-13(2,11-7-3-4-8-11)12-9-5-6-10-12/h3-11H,1-2H3. The van der Waals surface area contributed by atoms with Crippen LogP contribution in [0.4, 0.5) is 0 Å². The third kappa shape index (κ3) is 1.42. The smallest absolute Gasteiger partial charge is 0.165 e. The van der Waals surface area contributed by atoms with Crippen LogP contribution in [0.1, 0.15) is 0 Å². The van der Waals surface area contributed by atoms with Crippen molar-refractivity contribution in [1.29, 1.82) is 0 Å². The fourth-order valence-electron chi connectivity index (χ4n) is 1.79. The molecule has 0 saturated heterocycles. The predicted molar refractivity (Wildman–Crippen MR) is 59.3 cm³/mol. The SMILES string of the molecule is C[Si](C)(C1C=CC=C1)n1cccc1. The summed E-state index contributed by atoms with van der Waals surface area (Å²) in [5, 5.41) is 0. The molecule has 13 heavy (non-hydrogen) atoms. The summed E-state index contributed by atoms with van der Waals surface area (Å²) >= 11 is 0. The van der Waals surface area contributed by atoms with Crippen LogP contribution in [0.3, 0.4) is 0 Å². The van der Waals surface area contributed by atoms with E-state index in [1.165, 1.54) is 0 Å². The van der Waals surface area contributed by atoms with Gasteiger partial charge in [-0.15, -0.1) is 0 Å². The molecule has 1 heterocycles. The largest absolute Gasteiger partial charge is 0.380 e. The van der Waals surface area contributed by atoms with E-state index in [4.69, 9.17) is 0 Å². The Morgan fingerprint density at radius 2 is 1.54 bits per heavy atom. The highest BCUT2D eigenvalue weighted by Gasteiger charge is 2.30. The first kappa shape index (κ1) is 8.57. The summed E-state index contributed by atoms with van der Waals surface area (Å²) in [5.74, 6) is 0. The van der Waals surface area contributed by atoms with Crippen molar-refractivity contribution in [2.75, 3.05) is 0 Å². The van der Waals surface area contributed by atoms with Gasteiger partial charge in [0, 0.05) is 5.54 Å². The minimum atomic E-state index is -1.35. The second-order valence-electron chi connectivity index (χ2n) is 4.04. The monoisotopic (exact) mass is 189 g/mol. The Labute approximate surface area is 80.5 Å². The van der Waals surface area contributed by atoms with E-state index in [1.807, 2.05) is 0 Å². The average Bonchev–Trinajstić information content (AvgIpc) is 2.78. The number of nitrogens with zero attached hydrogens (tertiary/aromatic N) is 1. The fraction of sp³-hybridized carbons (Fsp3) is 0.273. The number of hydrogen-bond donors (Lipinski definition) is 0. The molecule has 1 aromatic heterocycles. The molecule has 0 bridgehead atoms. The Hall–Kier alpha value is -1.02. The highest BCUT2D eigenvalue weighted by atomic mass is 28.3. The highest BCUT2D eigenvalue weighted by Crippen LogP contribution is 2.29. The van der Waals surface area contributed by atoms with Crippen LogP contribution in [0.5, 0.6) is 0 Å². The summed E-state index contributed by atoms with van der Waals surface area (Å²) < 4.78 is 2.40. The third-order valence-electron chi connectivity index (χ3n) is 2.83. The van der Waals surface area contributed by atoms with Crippen molar-refractivity contribution in [2.24, 2.45) is 0 Å². The molecule has 2 rings (SSSR count). The molecule has 1 aromatic rings. The van der Waals surface area contributed by atoms with Crippen molar-refractivity contribution < 1.29 is 0 Å². The number of allylic oxidation sites excluding steroid dienone is 4. The number of aromatic nitrogens is 1. The van der Waals surface area contributed by atoms with Crippen LogP contribution >= 0.6 is 0 Å². The summed E-state index contributed by atoms with van der Waals surface area (Å²) in [6.07, 6.45) is 13.3. The minimum Gasteiger partial charge on any atom is -0.380 e. The Balaban J connectivity index is 2.30. The third-order valence-corrected chi connectivity index (χ3v) is 6.48. The molecule has 0 spiro atoms. The molecule has 68 valence electrons. The van der Waals surface area contributed by atoms with Crippen LogP contribution in [-0.4, -0.2) is 12.5 Å². The van der Waals surface area contributed by atoms with Gasteiger partial charge in [-0.3, -0.25) is 0 Å². The van der Waals surface area contributed by atoms with Crippen molar-refractivity contribution in [3.05, 3.63) is 48.8 Å². The maximum absolute atomic E-state index is 2.40. The molecule has 1 aliphatic carbocycles. The molecule has 1 nitrogen and oxygen atoms in total. The van der Waals surface area contributed by atoms with Crippen molar-refractivity contribution in [1.82, 2.24) is 4.23 Å². The summed E-state index contributed by atoms with van der Waals surface area (Å²) in [5.41, 5.74) is 0.653. The van der Waals surface area contributed by atoms with Gasteiger partial charge in [0.1, 0.15) is 0 Å². The molecular weight excluding hydrogens is 174 g/mol. The molecule has 0 radical (unpaired) electrons. The quantitative estimate of drug-likeness (QED) is 0.630. The van der Waals surface area contributed by atoms with E-state index >= 15 is 0 Å². The van der Waals surface area contributed by atoms with Gasteiger partial charge in [0.15, 0.2) is 8.24 Å². The maximum atomic E-state index is 2.40. The maximum Gasteiger partial charge on any atom is 0.165 e. The normalized spacial score (nSPS) is 17.1. The fourth-order valence-corrected chi connectivity index (χ4v) is 4.24. The van der Waals surface area contributed by atoms with Crippen molar-refractivity contribution in [3.63, 3.8) is 0 Å². The lowest BCUT2D eigenvalue weighted by Crippen LogP contribution is -2.38. The van der Waals surface area contributed by atoms with Crippen LogP contribution in [-0.2, 0) is 0 Å². The number of hydrogen-bond acceptors (Lipinski definition) is 0. The minimum absolute atomic E-state index is 0.653. The van der Waals surface area contributed by atoms with Gasteiger partial charge in [0.25, 0.3) is 0 Å². The van der Waals surface area contributed by atoms with Crippen LogP contribution in [0.2, 0.25) is 18.6 Å². The van der Waals surface area contributed by atoms with Crippen LogP contribution < -0.4 is 0 Å². The van der Waals surface area contributed by atoms with Crippen LogP contribution in [0.15, 0.2) is 48.8 Å². The molecule has 0 aliphatic heterocycles. The highest BCUT2D eigenvalue weighted by molar-refractivity contribution is 6.78. The Morgan fingerprint density at radius 3 is 2.08 bits per heavy atom. The van der Waals surface area contributed by atoms with Gasteiger partial charge >= 0.3 is 0 Å². The molecule has 1 aliphatic rings. The molecule has 0 fully saturated rings. The first-order valence-corrected chi connectivity index (χ1v) is 7.72. The summed E-state index contributed by atoms with van der Waals surface area (Å²) in [6, 6.07) is 4.22. The zero-order chi connectivity index (χ0) is 9.31. The van der Waals surface area contributed by atoms with E-state index in [0.717, 1.165) is 0 Å². The molecule has 0 unspecified atom stereocenters. The van der Waals surface area contributed by atoms with Gasteiger partial charge in [-0.1, -0.05) is 37.4 Å². The molecule has 0 atom stereocenters. The lowest BCUT2D eigenvalue weighted by Gasteiger charge is -2.28. The lowest BCUT2D eigenvalue weighted by atomic mass is 10.5. The Morgan fingerprint density at radius 1 is 1.00 bits per heavy atom. The predicted octanol–water partition coefficient (Wildman–Crippen LogP) is 3.04. The zero-order valence-electron chi connectivity index (χ0n) is 8.14. The average molecular weight is 189 g/mol. The molecule has 0 saturated carbocycles. The van der Waals surface area contributed by atoms with Crippen LogP contribution in [0.25, 0.3) is 0 Å². The van der Waals surface area contributed by atoms with E-state index in [1.54, 1.807) is 0 Å². The van der Waals surface area contributed by atoms with E-state index in [9.17, 15) is 0 Å². The van der Waals surface area contributed by atoms with E-state index < -0.39 is 8.24 Å². The molecule has 0 N–H and O–H groups in total. The van der Waals surface area contributed by atoms with Gasteiger partial charge in [-0.05, 0) is 24.5 Å². The number of rotatable bonds is 2. The van der Waals surface area contributed by atoms with Gasteiger partial charge < -0.3 is 4.23 Å². The van der Waals surface area contributed by atoms with Gasteiger partial charge in [-0.2, -0.15) is 0 Å². The van der Waals surface area contributed by atoms with Crippen molar-refractivity contribution in [3.8, 4) is 0 Å². The second kappa shape index (κ2) is 3.03. The topological polar surface area (TPSA) is 4.93 Å². The van der Waals surface area contributed by atoms with E-state index in [-0.39, 0.29) is 0 Å². The summed E-state index contributed by atoms with van der Waals surface area (Å²) in [7, 11) is -1.35. The molecule has 0 aromatic carbocycles. The summed E-state index contributed by atoms with van der Waals surface area (Å²) in [6.45, 7) is 4.80. The van der Waals surface area contributed by atoms with Crippen molar-refractivity contribution >= 4 is 8.24 Å². The van der Waals surface area contributed by atoms with E-state index in [0.29, 0.717) is 5.54 Å². The van der Waals surface area contributed by atoms with Crippen molar-refractivity contribution in [2.45, 2.75) is 18.6 Å². The second-order valence-corrected chi connectivity index (χ2v) is 8.53. The Bertz CT molecular complexity index is 321. The van der Waals surface area contributed by atoms with Crippen LogP contribution in [0, 0.1) is 0 Å². The van der Waals surface area contributed by atoms with E-state index in [2.05, 4.69) is 66.2 Å². The lowest BCUT2D eigenvalue weighted by molar-refractivity contribution is 1.08. The first-order chi connectivity index (χ1) is 6.21. The Kier molecular flexibility index (Phi) is 2.00. The molecule has 0 amide bonds. The van der Waals surface area contributed by atoms with Gasteiger partial charge in [-0.25, -0.2) is 0 Å². The molecular formula is C11H15NSi. The summed E-state index contributed by atoms with van der Waals surface area (Å²) in [4.78, 5) is 0. The van der Waals surface area contributed by atoms with Gasteiger partial charge in [0.2, 0.25) is 0 Å². The van der Waals surface area contributed by atoms with Gasteiger partial charge in [0.05, 0.1) is 0 Å².